The molecular formula is C16H19NO. The molecule has 2 fully saturated rings. The first kappa shape index (κ1) is 10.6. The van der Waals surface area contributed by atoms with Crippen molar-refractivity contribution in [2.75, 3.05) is 0 Å². The summed E-state index contributed by atoms with van der Waals surface area (Å²) in [6.07, 6.45) is 7.05. The standard InChI is InChI=1S/C16H19NO/c18-16(11-5-1-2-6-11)17-14-9-10-15(17)13-8-4-3-7-12(13)14/h3-4,7-8,11,14-15H,1-2,5-6,9-10H2. The van der Waals surface area contributed by atoms with E-state index in [9.17, 15) is 4.79 Å². The maximum atomic E-state index is 12.7. The van der Waals surface area contributed by atoms with Gasteiger partial charge in [0.05, 0.1) is 12.1 Å². The molecule has 2 atom stereocenters. The van der Waals surface area contributed by atoms with E-state index in [4.69, 9.17) is 0 Å². The monoisotopic (exact) mass is 241 g/mol. The zero-order chi connectivity index (χ0) is 12.1. The first-order valence-corrected chi connectivity index (χ1v) is 7.27. The molecule has 2 heteroatoms. The Morgan fingerprint density at radius 2 is 1.50 bits per heavy atom. The van der Waals surface area contributed by atoms with Crippen LogP contribution in [0.15, 0.2) is 24.3 Å². The van der Waals surface area contributed by atoms with Crippen LogP contribution in [0, 0.1) is 5.92 Å². The van der Waals surface area contributed by atoms with E-state index >= 15 is 0 Å². The number of nitrogens with zero attached hydrogens (tertiary/aromatic N) is 1. The third-order valence-electron chi connectivity index (χ3n) is 5.06. The molecule has 3 aliphatic rings. The predicted octanol–water partition coefficient (Wildman–Crippen LogP) is 3.60. The van der Waals surface area contributed by atoms with Gasteiger partial charge in [-0.2, -0.15) is 0 Å². The fraction of sp³-hybridized carbons (Fsp3) is 0.562. The highest BCUT2D eigenvalue weighted by Crippen LogP contribution is 2.53. The van der Waals surface area contributed by atoms with E-state index < -0.39 is 0 Å². The van der Waals surface area contributed by atoms with E-state index in [0.717, 1.165) is 12.8 Å². The lowest BCUT2D eigenvalue weighted by molar-refractivity contribution is -0.137. The highest BCUT2D eigenvalue weighted by Gasteiger charge is 2.47. The number of amides is 1. The number of hydrogen-bond acceptors (Lipinski definition) is 1. The van der Waals surface area contributed by atoms with Gasteiger partial charge in [-0.05, 0) is 36.8 Å². The van der Waals surface area contributed by atoms with E-state index in [2.05, 4.69) is 29.2 Å². The first-order valence-electron chi connectivity index (χ1n) is 7.27. The van der Waals surface area contributed by atoms with Crippen LogP contribution in [0.25, 0.3) is 0 Å². The van der Waals surface area contributed by atoms with Crippen molar-refractivity contribution in [1.29, 1.82) is 0 Å². The van der Waals surface area contributed by atoms with Crippen molar-refractivity contribution < 1.29 is 4.79 Å². The SMILES string of the molecule is O=C(C1CCCC1)N1C2CCC1c1ccccc12. The second kappa shape index (κ2) is 3.84. The summed E-state index contributed by atoms with van der Waals surface area (Å²) in [7, 11) is 0. The van der Waals surface area contributed by atoms with E-state index in [-0.39, 0.29) is 0 Å². The first-order chi connectivity index (χ1) is 8.86. The van der Waals surface area contributed by atoms with Gasteiger partial charge in [0.25, 0.3) is 0 Å². The molecule has 1 aliphatic carbocycles. The lowest BCUT2D eigenvalue weighted by Gasteiger charge is -2.25. The van der Waals surface area contributed by atoms with E-state index in [1.807, 2.05) is 0 Å². The van der Waals surface area contributed by atoms with Crippen molar-refractivity contribution in [3.63, 3.8) is 0 Å². The number of benzene rings is 1. The molecule has 0 N–H and O–H groups in total. The molecule has 0 spiro atoms. The number of carbonyl (C=O) groups is 1. The van der Waals surface area contributed by atoms with Crippen LogP contribution in [0.2, 0.25) is 0 Å². The van der Waals surface area contributed by atoms with Gasteiger partial charge in [-0.25, -0.2) is 0 Å². The van der Waals surface area contributed by atoms with Gasteiger partial charge >= 0.3 is 0 Å². The summed E-state index contributed by atoms with van der Waals surface area (Å²) < 4.78 is 0. The molecule has 1 aromatic carbocycles. The molecule has 1 saturated carbocycles. The minimum absolute atomic E-state index is 0.322. The molecule has 0 aromatic heterocycles. The molecule has 2 bridgehead atoms. The van der Waals surface area contributed by atoms with Gasteiger partial charge in [0.1, 0.15) is 0 Å². The van der Waals surface area contributed by atoms with Gasteiger partial charge in [0.15, 0.2) is 0 Å². The molecule has 2 unspecified atom stereocenters. The maximum absolute atomic E-state index is 12.7. The molecule has 0 radical (unpaired) electrons. The predicted molar refractivity (Wildman–Crippen MR) is 70.0 cm³/mol. The molecule has 1 aromatic rings. The van der Waals surface area contributed by atoms with Crippen molar-refractivity contribution in [1.82, 2.24) is 4.90 Å². The molecule has 94 valence electrons. The van der Waals surface area contributed by atoms with Crippen LogP contribution in [0.3, 0.4) is 0 Å². The van der Waals surface area contributed by atoms with Crippen LogP contribution in [-0.2, 0) is 4.79 Å². The third kappa shape index (κ3) is 1.32. The Balaban J connectivity index is 1.67. The molecule has 2 nitrogen and oxygen atoms in total. The molecular weight excluding hydrogens is 222 g/mol. The van der Waals surface area contributed by atoms with Gasteiger partial charge in [0, 0.05) is 5.92 Å². The normalized spacial score (nSPS) is 29.9. The molecule has 1 saturated heterocycles. The van der Waals surface area contributed by atoms with Gasteiger partial charge in [-0.1, -0.05) is 37.1 Å². The summed E-state index contributed by atoms with van der Waals surface area (Å²) >= 11 is 0. The number of carbonyl (C=O) groups excluding carboxylic acids is 1. The third-order valence-corrected chi connectivity index (χ3v) is 5.06. The largest absolute Gasteiger partial charge is 0.328 e. The van der Waals surface area contributed by atoms with Crippen molar-refractivity contribution in [3.05, 3.63) is 35.4 Å². The van der Waals surface area contributed by atoms with Crippen molar-refractivity contribution in [2.45, 2.75) is 50.6 Å². The van der Waals surface area contributed by atoms with Crippen LogP contribution in [0.4, 0.5) is 0 Å². The van der Waals surface area contributed by atoms with Gasteiger partial charge in [-0.3, -0.25) is 4.79 Å². The maximum Gasteiger partial charge on any atom is 0.226 e. The van der Waals surface area contributed by atoms with Gasteiger partial charge in [-0.15, -0.1) is 0 Å². The Kier molecular flexibility index (Phi) is 2.26. The van der Waals surface area contributed by atoms with E-state index in [1.165, 1.54) is 36.8 Å². The van der Waals surface area contributed by atoms with Crippen molar-refractivity contribution >= 4 is 5.91 Å². The smallest absolute Gasteiger partial charge is 0.226 e. The minimum Gasteiger partial charge on any atom is -0.328 e. The Labute approximate surface area is 108 Å². The number of rotatable bonds is 1. The van der Waals surface area contributed by atoms with E-state index in [1.54, 1.807) is 0 Å². The zero-order valence-corrected chi connectivity index (χ0v) is 10.6. The van der Waals surface area contributed by atoms with Crippen LogP contribution in [0.1, 0.15) is 61.7 Å². The Morgan fingerprint density at radius 3 is 2.06 bits per heavy atom. The van der Waals surface area contributed by atoms with Crippen LogP contribution in [-0.4, -0.2) is 10.8 Å². The minimum atomic E-state index is 0.322. The summed E-state index contributed by atoms with van der Waals surface area (Å²) in [5.74, 6) is 0.763. The molecule has 18 heavy (non-hydrogen) atoms. The Morgan fingerprint density at radius 1 is 0.944 bits per heavy atom. The average Bonchev–Trinajstić information content (AvgIpc) is 3.13. The fourth-order valence-corrected chi connectivity index (χ4v) is 4.23. The summed E-state index contributed by atoms with van der Waals surface area (Å²) in [5, 5.41) is 0. The van der Waals surface area contributed by atoms with Gasteiger partial charge < -0.3 is 4.90 Å². The molecule has 2 heterocycles. The topological polar surface area (TPSA) is 20.3 Å². The summed E-state index contributed by atoms with van der Waals surface area (Å²) in [6, 6.07) is 9.43. The average molecular weight is 241 g/mol. The van der Waals surface area contributed by atoms with E-state index in [0.29, 0.717) is 23.9 Å². The van der Waals surface area contributed by atoms with Crippen molar-refractivity contribution in [3.8, 4) is 0 Å². The van der Waals surface area contributed by atoms with Crippen LogP contribution >= 0.6 is 0 Å². The molecule has 1 amide bonds. The quantitative estimate of drug-likeness (QED) is 0.735. The number of hydrogen-bond donors (Lipinski definition) is 0. The summed E-state index contributed by atoms with van der Waals surface area (Å²) in [4.78, 5) is 14.9. The highest BCUT2D eigenvalue weighted by molar-refractivity contribution is 5.81. The van der Waals surface area contributed by atoms with Gasteiger partial charge in [0.2, 0.25) is 5.91 Å². The lowest BCUT2D eigenvalue weighted by Crippen LogP contribution is -2.32. The Hall–Kier alpha value is -1.31. The van der Waals surface area contributed by atoms with Crippen molar-refractivity contribution in [2.24, 2.45) is 5.92 Å². The Bertz CT molecular complexity index is 459. The summed E-state index contributed by atoms with van der Waals surface area (Å²) in [6.45, 7) is 0. The fourth-order valence-electron chi connectivity index (χ4n) is 4.23. The zero-order valence-electron chi connectivity index (χ0n) is 10.6. The molecule has 2 aliphatic heterocycles. The van der Waals surface area contributed by atoms with Crippen LogP contribution < -0.4 is 0 Å². The summed E-state index contributed by atoms with van der Waals surface area (Å²) in [5.41, 5.74) is 2.83. The highest BCUT2D eigenvalue weighted by atomic mass is 16.2. The lowest BCUT2D eigenvalue weighted by atomic mass is 9.92. The number of fused-ring (bicyclic) bond motifs is 5. The molecule has 4 rings (SSSR count). The second-order valence-electron chi connectivity index (χ2n) is 5.96. The second-order valence-corrected chi connectivity index (χ2v) is 5.96. The van der Waals surface area contributed by atoms with Crippen LogP contribution in [0.5, 0.6) is 0 Å².